The van der Waals surface area contributed by atoms with Crippen LogP contribution in [0.3, 0.4) is 0 Å². The largest absolute Gasteiger partial charge is 0.462 e. The van der Waals surface area contributed by atoms with Crippen LogP contribution in [0.4, 0.5) is 0 Å². The van der Waals surface area contributed by atoms with Crippen molar-refractivity contribution < 1.29 is 14.3 Å². The predicted molar refractivity (Wildman–Crippen MR) is 93.9 cm³/mol. The van der Waals surface area contributed by atoms with Gasteiger partial charge in [0.15, 0.2) is 5.01 Å². The van der Waals surface area contributed by atoms with Crippen LogP contribution in [0, 0.1) is 17.8 Å². The number of benzene rings is 1. The Morgan fingerprint density at radius 3 is 2.79 bits per heavy atom. The van der Waals surface area contributed by atoms with Crippen molar-refractivity contribution in [2.24, 2.45) is 5.92 Å². The number of aromatic nitrogens is 1. The molecule has 1 fully saturated rings. The molecule has 1 aromatic carbocycles. The van der Waals surface area contributed by atoms with Gasteiger partial charge in [0.1, 0.15) is 0 Å². The number of carbonyl (C=O) groups excluding carboxylic acids is 1. The zero-order valence-electron chi connectivity index (χ0n) is 13.6. The van der Waals surface area contributed by atoms with Crippen molar-refractivity contribution in [3.63, 3.8) is 0 Å². The molecule has 1 saturated heterocycles. The summed E-state index contributed by atoms with van der Waals surface area (Å²) in [7, 11) is 0. The highest BCUT2D eigenvalue weighted by Gasteiger charge is 2.11. The van der Waals surface area contributed by atoms with Crippen LogP contribution in [0.2, 0.25) is 0 Å². The molecule has 124 valence electrons. The second-order valence-electron chi connectivity index (χ2n) is 5.48. The van der Waals surface area contributed by atoms with E-state index in [1.165, 1.54) is 0 Å². The number of rotatable bonds is 3. The van der Waals surface area contributed by atoms with Crippen molar-refractivity contribution in [2.75, 3.05) is 19.8 Å². The SMILES string of the molecule is CCOC(=O)c1ccc(-c2cnc(C#CC3CCOCC3)s2)cc1. The minimum atomic E-state index is -0.295. The molecule has 0 radical (unpaired) electrons. The van der Waals surface area contributed by atoms with Gasteiger partial charge in [0.05, 0.1) is 17.0 Å². The molecule has 0 N–H and O–H groups in total. The molecule has 0 saturated carbocycles. The van der Waals surface area contributed by atoms with E-state index in [0.29, 0.717) is 18.1 Å². The molecule has 0 unspecified atom stereocenters. The Balaban J connectivity index is 1.69. The molecule has 0 spiro atoms. The molecule has 1 aromatic heterocycles. The summed E-state index contributed by atoms with van der Waals surface area (Å²) in [6.07, 6.45) is 3.83. The van der Waals surface area contributed by atoms with E-state index in [1.807, 2.05) is 18.3 Å². The Morgan fingerprint density at radius 1 is 1.33 bits per heavy atom. The fourth-order valence-corrected chi connectivity index (χ4v) is 3.24. The number of nitrogens with zero attached hydrogens (tertiary/aromatic N) is 1. The molecule has 3 rings (SSSR count). The summed E-state index contributed by atoms with van der Waals surface area (Å²) < 4.78 is 10.3. The van der Waals surface area contributed by atoms with Gasteiger partial charge in [0.25, 0.3) is 0 Å². The Labute approximate surface area is 145 Å². The minimum Gasteiger partial charge on any atom is -0.462 e. The lowest BCUT2D eigenvalue weighted by Gasteiger charge is -2.16. The van der Waals surface area contributed by atoms with Crippen LogP contribution < -0.4 is 0 Å². The lowest BCUT2D eigenvalue weighted by atomic mass is 10.0. The topological polar surface area (TPSA) is 48.4 Å². The molecule has 0 aliphatic carbocycles. The Morgan fingerprint density at radius 2 is 2.08 bits per heavy atom. The van der Waals surface area contributed by atoms with Crippen LogP contribution in [0.1, 0.15) is 35.1 Å². The lowest BCUT2D eigenvalue weighted by Crippen LogP contribution is -2.13. The molecule has 0 atom stereocenters. The van der Waals surface area contributed by atoms with E-state index in [0.717, 1.165) is 41.5 Å². The minimum absolute atomic E-state index is 0.295. The normalized spacial score (nSPS) is 14.7. The Kier molecular flexibility index (Phi) is 5.63. The van der Waals surface area contributed by atoms with Gasteiger partial charge >= 0.3 is 5.97 Å². The number of thiazole rings is 1. The summed E-state index contributed by atoms with van der Waals surface area (Å²) in [4.78, 5) is 17.1. The third-order valence-corrected chi connectivity index (χ3v) is 4.75. The highest BCUT2D eigenvalue weighted by molar-refractivity contribution is 7.15. The van der Waals surface area contributed by atoms with Crippen LogP contribution in [0.25, 0.3) is 10.4 Å². The molecule has 0 bridgehead atoms. The summed E-state index contributed by atoms with van der Waals surface area (Å²) in [6, 6.07) is 7.38. The van der Waals surface area contributed by atoms with Crippen molar-refractivity contribution in [3.8, 4) is 22.3 Å². The van der Waals surface area contributed by atoms with Crippen LogP contribution in [-0.2, 0) is 9.47 Å². The van der Waals surface area contributed by atoms with E-state index >= 15 is 0 Å². The Bertz CT molecular complexity index is 749. The van der Waals surface area contributed by atoms with Crippen LogP contribution in [0.5, 0.6) is 0 Å². The van der Waals surface area contributed by atoms with E-state index in [2.05, 4.69) is 16.8 Å². The van der Waals surface area contributed by atoms with Gasteiger partial charge in [-0.1, -0.05) is 18.1 Å². The van der Waals surface area contributed by atoms with Gasteiger partial charge in [-0.25, -0.2) is 9.78 Å². The molecule has 24 heavy (non-hydrogen) atoms. The first kappa shape index (κ1) is 16.7. The van der Waals surface area contributed by atoms with Crippen LogP contribution in [-0.4, -0.2) is 30.8 Å². The van der Waals surface area contributed by atoms with E-state index in [4.69, 9.17) is 9.47 Å². The lowest BCUT2D eigenvalue weighted by molar-refractivity contribution is 0.0526. The van der Waals surface area contributed by atoms with Gasteiger partial charge in [0.2, 0.25) is 0 Å². The maximum absolute atomic E-state index is 11.7. The van der Waals surface area contributed by atoms with E-state index in [9.17, 15) is 4.79 Å². The first-order valence-corrected chi connectivity index (χ1v) is 8.90. The van der Waals surface area contributed by atoms with Gasteiger partial charge < -0.3 is 9.47 Å². The number of carbonyl (C=O) groups is 1. The average molecular weight is 341 g/mol. The molecule has 1 aliphatic heterocycles. The monoisotopic (exact) mass is 341 g/mol. The Hall–Kier alpha value is -2.16. The predicted octanol–water partition coefficient (Wildman–Crippen LogP) is 3.76. The van der Waals surface area contributed by atoms with Crippen molar-refractivity contribution in [1.82, 2.24) is 4.98 Å². The zero-order valence-corrected chi connectivity index (χ0v) is 14.4. The number of esters is 1. The van der Waals surface area contributed by atoms with Crippen molar-refractivity contribution in [2.45, 2.75) is 19.8 Å². The van der Waals surface area contributed by atoms with E-state index < -0.39 is 0 Å². The third-order valence-electron chi connectivity index (χ3n) is 3.79. The third kappa shape index (κ3) is 4.22. The molecule has 5 heteroatoms. The first-order chi connectivity index (χ1) is 11.8. The fourth-order valence-electron chi connectivity index (χ4n) is 2.46. The molecular formula is C19H19NO3S. The summed E-state index contributed by atoms with van der Waals surface area (Å²) >= 11 is 1.57. The zero-order chi connectivity index (χ0) is 16.8. The fraction of sp³-hybridized carbons (Fsp3) is 0.368. The number of hydrogen-bond acceptors (Lipinski definition) is 5. The number of hydrogen-bond donors (Lipinski definition) is 0. The molecule has 2 heterocycles. The maximum atomic E-state index is 11.7. The quantitative estimate of drug-likeness (QED) is 0.630. The molecule has 4 nitrogen and oxygen atoms in total. The summed E-state index contributed by atoms with van der Waals surface area (Å²) in [5.41, 5.74) is 1.59. The molecular weight excluding hydrogens is 322 g/mol. The molecule has 0 amide bonds. The summed E-state index contributed by atoms with van der Waals surface area (Å²) in [6.45, 7) is 3.78. The van der Waals surface area contributed by atoms with Crippen LogP contribution in [0.15, 0.2) is 30.5 Å². The van der Waals surface area contributed by atoms with Gasteiger partial charge in [0, 0.05) is 25.3 Å². The second kappa shape index (κ2) is 8.09. The maximum Gasteiger partial charge on any atom is 0.338 e. The number of ether oxygens (including phenoxy) is 2. The first-order valence-electron chi connectivity index (χ1n) is 8.09. The molecule has 1 aliphatic rings. The second-order valence-corrected chi connectivity index (χ2v) is 6.51. The standard InChI is InChI=1S/C19H19NO3S/c1-2-23-19(21)16-6-4-15(5-7-16)17-13-20-18(24-17)8-3-14-9-11-22-12-10-14/h4-7,13-14H,2,9-12H2,1H3. The van der Waals surface area contributed by atoms with Gasteiger partial charge in [-0.2, -0.15) is 0 Å². The van der Waals surface area contributed by atoms with E-state index in [1.54, 1.807) is 30.4 Å². The smallest absolute Gasteiger partial charge is 0.338 e. The summed E-state index contributed by atoms with van der Waals surface area (Å²) in [5, 5.41) is 0.825. The highest BCUT2D eigenvalue weighted by atomic mass is 32.1. The van der Waals surface area contributed by atoms with E-state index in [-0.39, 0.29) is 5.97 Å². The highest BCUT2D eigenvalue weighted by Crippen LogP contribution is 2.26. The van der Waals surface area contributed by atoms with Gasteiger partial charge in [-0.3, -0.25) is 0 Å². The van der Waals surface area contributed by atoms with Gasteiger partial charge in [-0.05, 0) is 43.4 Å². The van der Waals surface area contributed by atoms with Crippen molar-refractivity contribution in [1.29, 1.82) is 0 Å². The average Bonchev–Trinajstić information content (AvgIpc) is 3.10. The molecule has 2 aromatic rings. The summed E-state index contributed by atoms with van der Waals surface area (Å²) in [5.74, 6) is 6.59. The van der Waals surface area contributed by atoms with Crippen molar-refractivity contribution in [3.05, 3.63) is 41.0 Å². The van der Waals surface area contributed by atoms with Crippen LogP contribution >= 0.6 is 11.3 Å². The van der Waals surface area contributed by atoms with Gasteiger partial charge in [-0.15, -0.1) is 11.3 Å². The van der Waals surface area contributed by atoms with Crippen molar-refractivity contribution >= 4 is 17.3 Å².